The van der Waals surface area contributed by atoms with Gasteiger partial charge in [-0.25, -0.2) is 18.0 Å². The number of nitrogens with one attached hydrogen (secondary N) is 1. The number of hydrogen-bond donors (Lipinski definition) is 4. The summed E-state index contributed by atoms with van der Waals surface area (Å²) in [6, 6.07) is 13.6. The van der Waals surface area contributed by atoms with Crippen molar-refractivity contribution in [1.29, 1.82) is 0 Å². The molecule has 0 amide bonds. The van der Waals surface area contributed by atoms with Gasteiger partial charge < -0.3 is 26.0 Å². The van der Waals surface area contributed by atoms with E-state index >= 15 is 0 Å². The first kappa shape index (κ1) is 30.5. The summed E-state index contributed by atoms with van der Waals surface area (Å²) in [5.41, 5.74) is 11.2. The lowest BCUT2D eigenvalue weighted by Crippen LogP contribution is -2.43. The molecule has 2 aromatic carbocycles. The van der Waals surface area contributed by atoms with Gasteiger partial charge in [-0.05, 0) is 49.4 Å². The van der Waals surface area contributed by atoms with Crippen molar-refractivity contribution in [3.8, 4) is 5.75 Å². The van der Waals surface area contributed by atoms with Crippen molar-refractivity contribution in [3.63, 3.8) is 0 Å². The van der Waals surface area contributed by atoms with Crippen LogP contribution in [0.15, 0.2) is 59.5 Å². The van der Waals surface area contributed by atoms with Crippen molar-refractivity contribution < 1.29 is 50.6 Å². The molecule has 0 aliphatic heterocycles. The minimum absolute atomic E-state index is 0.00802. The van der Waals surface area contributed by atoms with Gasteiger partial charge in [0.15, 0.2) is 0 Å². The van der Waals surface area contributed by atoms with Gasteiger partial charge >= 0.3 is 24.1 Å². The second-order valence-corrected chi connectivity index (χ2v) is 8.54. The molecule has 0 aliphatic rings. The van der Waals surface area contributed by atoms with Crippen molar-refractivity contribution in [2.45, 2.75) is 30.1 Å². The topological polar surface area (TPSA) is 188 Å². The fourth-order valence-corrected chi connectivity index (χ4v) is 3.39. The van der Waals surface area contributed by atoms with Crippen molar-refractivity contribution in [3.05, 3.63) is 60.2 Å². The Labute approximate surface area is 204 Å². The number of sulfonamides is 1. The van der Waals surface area contributed by atoms with Crippen LogP contribution >= 0.6 is 0 Å². The molecule has 198 valence electrons. The van der Waals surface area contributed by atoms with Crippen molar-refractivity contribution in [1.82, 2.24) is 4.72 Å². The lowest BCUT2D eigenvalue weighted by molar-refractivity contribution is -0.192. The van der Waals surface area contributed by atoms with Gasteiger partial charge in [-0.2, -0.15) is 17.9 Å². The highest BCUT2D eigenvalue weighted by Crippen LogP contribution is 2.14. The zero-order chi connectivity index (χ0) is 27.4. The molecule has 1 atom stereocenters. The van der Waals surface area contributed by atoms with Crippen LogP contribution in [0.5, 0.6) is 5.75 Å². The number of halogens is 3. The molecule has 2 rings (SSSR count). The number of alkyl halides is 3. The number of carbonyl (C=O) groups is 3. The number of carbonyl (C=O) groups excluding carboxylic acids is 2. The highest BCUT2D eigenvalue weighted by molar-refractivity contribution is 7.89. The molecule has 11 nitrogen and oxygen atoms in total. The lowest BCUT2D eigenvalue weighted by atomic mass is 10.2. The first-order valence-electron chi connectivity index (χ1n) is 10.1. The highest BCUT2D eigenvalue weighted by atomic mass is 32.2. The van der Waals surface area contributed by atoms with E-state index in [4.69, 9.17) is 30.8 Å². The molecule has 0 saturated heterocycles. The standard InChI is InChI=1S/C19H23N3O6S.C2HF3O2/c20-11-4-12-27-15-9-7-14(8-10-15)19(24)28-18(23)13-17(21)22-29(25,26)16-5-2-1-3-6-16;3-2(4,5)1(6)7/h1-3,5-10,17,22H,4,11-13,20-21H2;(H,6,7)/t17-;/m0./s1. The quantitative estimate of drug-likeness (QED) is 0.150. The fourth-order valence-electron chi connectivity index (χ4n) is 2.25. The van der Waals surface area contributed by atoms with Crippen LogP contribution in [0.25, 0.3) is 0 Å². The molecule has 0 heterocycles. The maximum absolute atomic E-state index is 12.2. The summed E-state index contributed by atoms with van der Waals surface area (Å²) in [5, 5.41) is 7.12. The van der Waals surface area contributed by atoms with E-state index in [-0.39, 0.29) is 10.5 Å². The predicted octanol–water partition coefficient (Wildman–Crippen LogP) is 1.38. The molecule has 2 aromatic rings. The SMILES string of the molecule is NCCCOc1ccc(C(=O)OC(=O)C[C@@H](N)NS(=O)(=O)c2ccccc2)cc1.O=C(O)C(F)(F)F. The van der Waals surface area contributed by atoms with E-state index in [0.717, 1.165) is 0 Å². The zero-order valence-electron chi connectivity index (χ0n) is 18.6. The van der Waals surface area contributed by atoms with E-state index in [1.54, 1.807) is 30.3 Å². The number of esters is 2. The van der Waals surface area contributed by atoms with Crippen LogP contribution in [0.1, 0.15) is 23.2 Å². The lowest BCUT2D eigenvalue weighted by Gasteiger charge is -2.13. The first-order chi connectivity index (χ1) is 16.8. The fraction of sp³-hybridized carbons (Fsp3) is 0.286. The summed E-state index contributed by atoms with van der Waals surface area (Å²) < 4.78 is 68.4. The van der Waals surface area contributed by atoms with Crippen LogP contribution in [0.3, 0.4) is 0 Å². The molecule has 0 spiro atoms. The molecule has 0 fully saturated rings. The van der Waals surface area contributed by atoms with E-state index in [0.29, 0.717) is 25.3 Å². The third-order valence-electron chi connectivity index (χ3n) is 3.90. The van der Waals surface area contributed by atoms with Crippen molar-refractivity contribution in [2.24, 2.45) is 11.5 Å². The van der Waals surface area contributed by atoms with Gasteiger partial charge in [-0.3, -0.25) is 4.79 Å². The molecular weight excluding hydrogens is 511 g/mol. The maximum atomic E-state index is 12.2. The van der Waals surface area contributed by atoms with E-state index in [9.17, 15) is 31.2 Å². The van der Waals surface area contributed by atoms with E-state index in [1.165, 1.54) is 24.3 Å². The summed E-state index contributed by atoms with van der Waals surface area (Å²) in [6.07, 6.45) is -6.15. The molecule has 6 N–H and O–H groups in total. The molecule has 0 aromatic heterocycles. The number of benzene rings is 2. The van der Waals surface area contributed by atoms with E-state index < -0.39 is 46.7 Å². The highest BCUT2D eigenvalue weighted by Gasteiger charge is 2.38. The van der Waals surface area contributed by atoms with Crippen LogP contribution in [-0.4, -0.2) is 56.9 Å². The van der Waals surface area contributed by atoms with Crippen LogP contribution in [0.2, 0.25) is 0 Å². The van der Waals surface area contributed by atoms with Gasteiger partial charge in [0.05, 0.1) is 29.7 Å². The number of rotatable bonds is 10. The Bertz CT molecular complexity index is 1110. The molecule has 36 heavy (non-hydrogen) atoms. The van der Waals surface area contributed by atoms with Crippen LogP contribution in [0.4, 0.5) is 13.2 Å². The Kier molecular flexibility index (Phi) is 12.0. The number of ether oxygens (including phenoxy) is 2. The summed E-state index contributed by atoms with van der Waals surface area (Å²) in [6.45, 7) is 0.964. The number of hydrogen-bond acceptors (Lipinski definition) is 9. The maximum Gasteiger partial charge on any atom is 0.490 e. The largest absolute Gasteiger partial charge is 0.494 e. The minimum atomic E-state index is -5.08. The average molecular weight is 535 g/mol. The third-order valence-corrected chi connectivity index (χ3v) is 5.41. The molecule has 0 saturated carbocycles. The van der Waals surface area contributed by atoms with E-state index in [1.807, 2.05) is 0 Å². The molecule has 0 radical (unpaired) electrons. The number of nitrogens with two attached hydrogens (primary N) is 2. The van der Waals surface area contributed by atoms with Gasteiger partial charge in [-0.15, -0.1) is 0 Å². The van der Waals surface area contributed by atoms with Crippen molar-refractivity contribution in [2.75, 3.05) is 13.2 Å². The summed E-state index contributed by atoms with van der Waals surface area (Å²) in [7, 11) is -3.89. The Hall–Kier alpha value is -3.53. The third kappa shape index (κ3) is 11.3. The van der Waals surface area contributed by atoms with Gasteiger partial charge in [0.1, 0.15) is 5.75 Å². The van der Waals surface area contributed by atoms with E-state index in [2.05, 4.69) is 4.72 Å². The van der Waals surface area contributed by atoms with Gasteiger partial charge in [0.25, 0.3) is 0 Å². The van der Waals surface area contributed by atoms with Crippen LogP contribution in [0, 0.1) is 0 Å². The molecule has 15 heteroatoms. The Morgan fingerprint density at radius 1 is 1.03 bits per heavy atom. The summed E-state index contributed by atoms with van der Waals surface area (Å²) >= 11 is 0. The summed E-state index contributed by atoms with van der Waals surface area (Å²) in [5.74, 6) is -4.03. The van der Waals surface area contributed by atoms with Gasteiger partial charge in [0, 0.05) is 0 Å². The van der Waals surface area contributed by atoms with Crippen LogP contribution in [-0.2, 0) is 24.3 Å². The number of carboxylic acid groups (broad SMARTS) is 1. The number of aliphatic carboxylic acids is 1. The minimum Gasteiger partial charge on any atom is -0.494 e. The Balaban J connectivity index is 0.000000809. The van der Waals surface area contributed by atoms with Crippen LogP contribution < -0.4 is 20.9 Å². The molecular formula is C21H24F3N3O8S. The number of carboxylic acids is 1. The summed E-state index contributed by atoms with van der Waals surface area (Å²) in [4.78, 5) is 32.8. The molecule has 0 aliphatic carbocycles. The normalized spacial score (nSPS) is 12.0. The monoisotopic (exact) mass is 535 g/mol. The van der Waals surface area contributed by atoms with Gasteiger partial charge in [0.2, 0.25) is 10.0 Å². The van der Waals surface area contributed by atoms with Crippen molar-refractivity contribution >= 4 is 27.9 Å². The van der Waals surface area contributed by atoms with Gasteiger partial charge in [-0.1, -0.05) is 18.2 Å². The Morgan fingerprint density at radius 2 is 1.58 bits per heavy atom. The first-order valence-corrected chi connectivity index (χ1v) is 11.6. The molecule has 0 unspecified atom stereocenters. The Morgan fingerprint density at radius 3 is 2.08 bits per heavy atom. The second kappa shape index (κ2) is 14.1. The second-order valence-electron chi connectivity index (χ2n) is 6.82. The predicted molar refractivity (Wildman–Crippen MR) is 119 cm³/mol. The molecule has 0 bridgehead atoms. The average Bonchev–Trinajstić information content (AvgIpc) is 2.79. The zero-order valence-corrected chi connectivity index (χ0v) is 19.4. The smallest absolute Gasteiger partial charge is 0.490 e.